The van der Waals surface area contributed by atoms with Gasteiger partial charge in [-0.05, 0) is 24.6 Å². The molecule has 0 aliphatic heterocycles. The SMILES string of the molecule is C=CCn1c(SCC(=O)Nc2cc(OC)c([N+](=O)[O-])cc2C)nc2ccccc2c1=O. The molecule has 0 saturated carbocycles. The van der Waals surface area contributed by atoms with E-state index in [0.717, 1.165) is 11.8 Å². The van der Waals surface area contributed by atoms with Gasteiger partial charge in [-0.3, -0.25) is 24.3 Å². The second-order valence-corrected chi connectivity index (χ2v) is 7.49. The van der Waals surface area contributed by atoms with Crippen molar-refractivity contribution in [3.63, 3.8) is 0 Å². The molecule has 10 heteroatoms. The van der Waals surface area contributed by atoms with Gasteiger partial charge in [-0.2, -0.15) is 0 Å². The standard InChI is InChI=1S/C21H20N4O5S/c1-4-9-24-20(27)14-7-5-6-8-15(14)23-21(24)31-12-19(26)22-16-11-18(30-3)17(25(28)29)10-13(16)2/h4-8,10-11H,1,9,12H2,2-3H3,(H,22,26). The maximum Gasteiger partial charge on any atom is 0.311 e. The van der Waals surface area contributed by atoms with Crippen molar-refractivity contribution in [2.75, 3.05) is 18.2 Å². The molecule has 3 aromatic rings. The number of nitro benzene ring substituents is 1. The Morgan fingerprint density at radius 1 is 1.39 bits per heavy atom. The van der Waals surface area contributed by atoms with Crippen molar-refractivity contribution in [2.24, 2.45) is 0 Å². The summed E-state index contributed by atoms with van der Waals surface area (Å²) in [5.74, 6) is -0.313. The van der Waals surface area contributed by atoms with Gasteiger partial charge in [0.1, 0.15) is 0 Å². The van der Waals surface area contributed by atoms with Gasteiger partial charge in [0, 0.05) is 24.4 Å². The minimum absolute atomic E-state index is 0.0132. The normalized spacial score (nSPS) is 10.6. The second kappa shape index (κ2) is 9.43. The molecule has 2 aromatic carbocycles. The largest absolute Gasteiger partial charge is 0.490 e. The lowest BCUT2D eigenvalue weighted by atomic mass is 10.1. The molecule has 0 unspecified atom stereocenters. The fraction of sp³-hybridized carbons (Fsp3) is 0.190. The molecule has 0 aliphatic rings. The number of nitrogens with one attached hydrogen (secondary N) is 1. The molecule has 0 atom stereocenters. The lowest BCUT2D eigenvalue weighted by molar-refractivity contribution is -0.385. The number of aromatic nitrogens is 2. The van der Waals surface area contributed by atoms with Crippen LogP contribution in [0.3, 0.4) is 0 Å². The Kier molecular flexibility index (Phi) is 6.71. The summed E-state index contributed by atoms with van der Waals surface area (Å²) in [6, 6.07) is 9.76. The van der Waals surface area contributed by atoms with E-state index in [9.17, 15) is 19.7 Å². The van der Waals surface area contributed by atoms with Crippen LogP contribution >= 0.6 is 11.8 Å². The summed E-state index contributed by atoms with van der Waals surface area (Å²) in [6.07, 6.45) is 1.59. The van der Waals surface area contributed by atoms with Gasteiger partial charge in [0.05, 0.1) is 28.7 Å². The lowest BCUT2D eigenvalue weighted by Crippen LogP contribution is -2.23. The number of hydrogen-bond acceptors (Lipinski definition) is 7. The maximum absolute atomic E-state index is 12.8. The first-order valence-electron chi connectivity index (χ1n) is 9.21. The molecule has 0 aliphatic carbocycles. The molecule has 160 valence electrons. The van der Waals surface area contributed by atoms with E-state index < -0.39 is 4.92 Å². The third-order valence-electron chi connectivity index (χ3n) is 4.47. The third-order valence-corrected chi connectivity index (χ3v) is 5.44. The predicted octanol–water partition coefficient (Wildman–Crippen LogP) is 3.54. The van der Waals surface area contributed by atoms with E-state index >= 15 is 0 Å². The first-order chi connectivity index (χ1) is 14.8. The van der Waals surface area contributed by atoms with Gasteiger partial charge in [-0.25, -0.2) is 4.98 Å². The van der Waals surface area contributed by atoms with Crippen LogP contribution in [-0.4, -0.2) is 33.2 Å². The molecular formula is C21H20N4O5S. The zero-order chi connectivity index (χ0) is 22.5. The van der Waals surface area contributed by atoms with Crippen LogP contribution in [-0.2, 0) is 11.3 Å². The van der Waals surface area contributed by atoms with E-state index in [2.05, 4.69) is 16.9 Å². The highest BCUT2D eigenvalue weighted by atomic mass is 32.2. The Morgan fingerprint density at radius 2 is 2.13 bits per heavy atom. The van der Waals surface area contributed by atoms with Gasteiger partial charge in [-0.15, -0.1) is 6.58 Å². The average molecular weight is 440 g/mol. The van der Waals surface area contributed by atoms with Gasteiger partial charge in [0.25, 0.3) is 5.56 Å². The summed E-state index contributed by atoms with van der Waals surface area (Å²) >= 11 is 1.12. The van der Waals surface area contributed by atoms with Crippen LogP contribution in [0.15, 0.2) is 59.0 Å². The summed E-state index contributed by atoms with van der Waals surface area (Å²) in [7, 11) is 1.32. The number of allylic oxidation sites excluding steroid dienone is 1. The fourth-order valence-electron chi connectivity index (χ4n) is 2.98. The summed E-state index contributed by atoms with van der Waals surface area (Å²) in [5.41, 5.74) is 1.10. The number of carbonyl (C=O) groups is 1. The maximum atomic E-state index is 12.8. The summed E-state index contributed by atoms with van der Waals surface area (Å²) in [6.45, 7) is 5.60. The number of aryl methyl sites for hydroxylation is 1. The molecule has 9 nitrogen and oxygen atoms in total. The van der Waals surface area contributed by atoms with Crippen LogP contribution in [0.25, 0.3) is 10.9 Å². The molecule has 0 fully saturated rings. The van der Waals surface area contributed by atoms with Gasteiger partial charge in [0.2, 0.25) is 5.91 Å². The molecule has 31 heavy (non-hydrogen) atoms. The number of hydrogen-bond donors (Lipinski definition) is 1. The van der Waals surface area contributed by atoms with Gasteiger partial charge in [-0.1, -0.05) is 30.0 Å². The summed E-state index contributed by atoms with van der Waals surface area (Å²) in [5, 5.41) is 14.7. The highest BCUT2D eigenvalue weighted by Crippen LogP contribution is 2.33. The van der Waals surface area contributed by atoms with Gasteiger partial charge < -0.3 is 10.1 Å². The number of benzene rings is 2. The quantitative estimate of drug-likeness (QED) is 0.187. The first kappa shape index (κ1) is 22.0. The van der Waals surface area contributed by atoms with E-state index in [1.165, 1.54) is 23.8 Å². The van der Waals surface area contributed by atoms with Crippen molar-refractivity contribution in [1.29, 1.82) is 0 Å². The number of rotatable bonds is 8. The lowest BCUT2D eigenvalue weighted by Gasteiger charge is -2.13. The Bertz CT molecular complexity index is 1240. The topological polar surface area (TPSA) is 116 Å². The fourth-order valence-corrected chi connectivity index (χ4v) is 3.79. The number of methoxy groups -OCH3 is 1. The monoisotopic (exact) mass is 440 g/mol. The molecule has 0 spiro atoms. The summed E-state index contributed by atoms with van der Waals surface area (Å²) < 4.78 is 6.52. The number of amides is 1. The van der Waals surface area contributed by atoms with Crippen LogP contribution in [0.2, 0.25) is 0 Å². The van der Waals surface area contributed by atoms with Crippen LogP contribution in [0, 0.1) is 17.0 Å². The molecule has 1 aromatic heterocycles. The molecule has 0 radical (unpaired) electrons. The first-order valence-corrected chi connectivity index (χ1v) is 10.2. The highest BCUT2D eigenvalue weighted by Gasteiger charge is 2.19. The molecule has 1 N–H and O–H groups in total. The highest BCUT2D eigenvalue weighted by molar-refractivity contribution is 7.99. The zero-order valence-electron chi connectivity index (χ0n) is 17.0. The molecule has 1 heterocycles. The van der Waals surface area contributed by atoms with Crippen molar-refractivity contribution in [3.05, 3.63) is 75.1 Å². The van der Waals surface area contributed by atoms with Gasteiger partial charge >= 0.3 is 5.69 Å². The number of para-hydroxylation sites is 1. The zero-order valence-corrected chi connectivity index (χ0v) is 17.8. The minimum Gasteiger partial charge on any atom is -0.490 e. The third kappa shape index (κ3) is 4.75. The Hall–Kier alpha value is -3.66. The van der Waals surface area contributed by atoms with Crippen LogP contribution in [0.4, 0.5) is 11.4 Å². The molecule has 1 amide bonds. The van der Waals surface area contributed by atoms with Crippen LogP contribution in [0.1, 0.15) is 5.56 Å². The van der Waals surface area contributed by atoms with Crippen LogP contribution < -0.4 is 15.6 Å². The molecule has 0 bridgehead atoms. The predicted molar refractivity (Wildman–Crippen MR) is 120 cm³/mol. The van der Waals surface area contributed by atoms with Crippen molar-refractivity contribution >= 4 is 39.9 Å². The number of anilines is 1. The number of fused-ring (bicyclic) bond motifs is 1. The van der Waals surface area contributed by atoms with Crippen molar-refractivity contribution in [3.8, 4) is 5.75 Å². The Morgan fingerprint density at radius 3 is 2.81 bits per heavy atom. The van der Waals surface area contributed by atoms with E-state index in [0.29, 0.717) is 27.3 Å². The van der Waals surface area contributed by atoms with E-state index in [-0.39, 0.29) is 35.2 Å². The number of nitro groups is 1. The minimum atomic E-state index is -0.544. The van der Waals surface area contributed by atoms with Crippen molar-refractivity contribution < 1.29 is 14.5 Å². The molecule has 3 rings (SSSR count). The molecule has 0 saturated heterocycles. The molecular weight excluding hydrogens is 420 g/mol. The van der Waals surface area contributed by atoms with E-state index in [4.69, 9.17) is 4.74 Å². The van der Waals surface area contributed by atoms with Crippen molar-refractivity contribution in [1.82, 2.24) is 9.55 Å². The Labute approximate surface area is 181 Å². The Balaban J connectivity index is 1.82. The number of ether oxygens (including phenoxy) is 1. The van der Waals surface area contributed by atoms with Gasteiger partial charge in [0.15, 0.2) is 10.9 Å². The average Bonchev–Trinajstić information content (AvgIpc) is 2.75. The smallest absolute Gasteiger partial charge is 0.311 e. The number of thioether (sulfide) groups is 1. The van der Waals surface area contributed by atoms with Crippen LogP contribution in [0.5, 0.6) is 5.75 Å². The summed E-state index contributed by atoms with van der Waals surface area (Å²) in [4.78, 5) is 40.4. The van der Waals surface area contributed by atoms with E-state index in [1.54, 1.807) is 37.3 Å². The number of carbonyl (C=O) groups excluding carboxylic acids is 1. The van der Waals surface area contributed by atoms with E-state index in [1.807, 2.05) is 0 Å². The number of nitrogens with zero attached hydrogens (tertiary/aromatic N) is 3. The second-order valence-electron chi connectivity index (χ2n) is 6.55. The van der Waals surface area contributed by atoms with Crippen molar-refractivity contribution in [2.45, 2.75) is 18.6 Å².